The summed E-state index contributed by atoms with van der Waals surface area (Å²) in [5.41, 5.74) is 2.27. The van der Waals surface area contributed by atoms with Crippen molar-refractivity contribution in [2.75, 3.05) is 20.6 Å². The number of rotatable bonds is 6. The van der Waals surface area contributed by atoms with Crippen LogP contribution >= 0.6 is 11.6 Å². The average molecular weight is 393 g/mol. The maximum atomic E-state index is 13.6. The van der Waals surface area contributed by atoms with Gasteiger partial charge in [-0.15, -0.1) is 0 Å². The van der Waals surface area contributed by atoms with Crippen molar-refractivity contribution < 1.29 is 18.5 Å². The minimum absolute atomic E-state index is 0.0684. The number of H-pyrrole nitrogens is 1. The lowest BCUT2D eigenvalue weighted by molar-refractivity contribution is -0.849. The van der Waals surface area contributed by atoms with E-state index < -0.39 is 5.82 Å². The van der Waals surface area contributed by atoms with Crippen molar-refractivity contribution in [2.24, 2.45) is 0 Å². The van der Waals surface area contributed by atoms with Crippen LogP contribution in [-0.2, 0) is 17.9 Å². The number of nitrogens with zero attached hydrogens (tertiary/aromatic N) is 1. The van der Waals surface area contributed by atoms with Crippen LogP contribution in [0.3, 0.4) is 0 Å². The molecule has 7 heteroatoms. The van der Waals surface area contributed by atoms with E-state index in [0.29, 0.717) is 18.7 Å². The Balaban J connectivity index is 1.91. The zero-order chi connectivity index (χ0) is 19.6. The van der Waals surface area contributed by atoms with E-state index in [-0.39, 0.29) is 23.3 Å². The molecule has 2 N–H and O–H groups in total. The van der Waals surface area contributed by atoms with Crippen molar-refractivity contribution in [1.29, 1.82) is 0 Å². The predicted octanol–water partition coefficient (Wildman–Crippen LogP) is 2.77. The summed E-state index contributed by atoms with van der Waals surface area (Å²) in [6.45, 7) is 0.839. The fourth-order valence-electron chi connectivity index (χ4n) is 2.99. The Morgan fingerprint density at radius 2 is 1.74 bits per heavy atom. The van der Waals surface area contributed by atoms with Crippen molar-refractivity contribution >= 4 is 28.4 Å². The lowest BCUT2D eigenvalue weighted by atomic mass is 10.1. The first-order chi connectivity index (χ1) is 12.8. The summed E-state index contributed by atoms with van der Waals surface area (Å²) in [4.78, 5) is 18.5. The van der Waals surface area contributed by atoms with Gasteiger partial charge < -0.3 is 14.8 Å². The summed E-state index contributed by atoms with van der Waals surface area (Å²) in [7, 11) is 3.78. The summed E-state index contributed by atoms with van der Waals surface area (Å²) in [6, 6.07) is 8.64. The SMILES string of the molecule is C[NH+](C)CC(=O)N(Cc1ccc(F)cc1Cl)Cc1c[nH]c2ccc(F)cc12. The number of benzene rings is 2. The number of carbonyl (C=O) groups is 1. The minimum atomic E-state index is -0.425. The Kier molecular flexibility index (Phi) is 5.77. The number of hydrogen-bond acceptors (Lipinski definition) is 1. The molecule has 0 aliphatic heterocycles. The first-order valence-corrected chi connectivity index (χ1v) is 8.97. The van der Waals surface area contributed by atoms with Gasteiger partial charge in [-0.25, -0.2) is 8.78 Å². The number of amides is 1. The van der Waals surface area contributed by atoms with E-state index >= 15 is 0 Å². The van der Waals surface area contributed by atoms with Crippen LogP contribution in [0.15, 0.2) is 42.6 Å². The third-order valence-electron chi connectivity index (χ3n) is 4.32. The molecule has 27 heavy (non-hydrogen) atoms. The summed E-state index contributed by atoms with van der Waals surface area (Å²) in [5.74, 6) is -0.826. The van der Waals surface area contributed by atoms with E-state index in [0.717, 1.165) is 21.4 Å². The number of nitrogens with one attached hydrogen (secondary N) is 2. The van der Waals surface area contributed by atoms with Crippen molar-refractivity contribution in [3.05, 3.63) is 70.4 Å². The highest BCUT2D eigenvalue weighted by Gasteiger charge is 2.20. The molecule has 1 aromatic heterocycles. The van der Waals surface area contributed by atoms with E-state index in [1.807, 2.05) is 14.1 Å². The Morgan fingerprint density at radius 3 is 2.44 bits per heavy atom. The zero-order valence-electron chi connectivity index (χ0n) is 15.2. The molecule has 0 unspecified atom stereocenters. The van der Waals surface area contributed by atoms with Gasteiger partial charge in [-0.05, 0) is 41.5 Å². The predicted molar refractivity (Wildman–Crippen MR) is 102 cm³/mol. The molecule has 2 aromatic carbocycles. The topological polar surface area (TPSA) is 40.5 Å². The van der Waals surface area contributed by atoms with Gasteiger partial charge in [0.1, 0.15) is 11.6 Å². The number of quaternary nitrogens is 1. The highest BCUT2D eigenvalue weighted by molar-refractivity contribution is 6.31. The fraction of sp³-hybridized carbons (Fsp3) is 0.250. The first kappa shape index (κ1) is 19.3. The number of likely N-dealkylation sites (N-methyl/N-ethyl adjacent to an activating group) is 1. The van der Waals surface area contributed by atoms with Gasteiger partial charge in [-0.1, -0.05) is 17.7 Å². The van der Waals surface area contributed by atoms with Crippen molar-refractivity contribution in [3.63, 3.8) is 0 Å². The molecule has 4 nitrogen and oxygen atoms in total. The molecular weight excluding hydrogens is 372 g/mol. The largest absolute Gasteiger partial charge is 0.361 e. The average Bonchev–Trinajstić information content (AvgIpc) is 2.98. The molecule has 0 spiro atoms. The normalized spacial score (nSPS) is 11.3. The van der Waals surface area contributed by atoms with Crippen LogP contribution in [0.5, 0.6) is 0 Å². The molecule has 0 atom stereocenters. The maximum Gasteiger partial charge on any atom is 0.278 e. The molecule has 0 saturated carbocycles. The van der Waals surface area contributed by atoms with Gasteiger partial charge in [0.05, 0.1) is 14.1 Å². The van der Waals surface area contributed by atoms with E-state index in [2.05, 4.69) is 4.98 Å². The van der Waals surface area contributed by atoms with E-state index in [1.165, 1.54) is 24.3 Å². The molecular formula is C20H21ClF2N3O+. The lowest BCUT2D eigenvalue weighted by Crippen LogP contribution is -3.07. The molecule has 0 saturated heterocycles. The number of fused-ring (bicyclic) bond motifs is 1. The van der Waals surface area contributed by atoms with Gasteiger partial charge >= 0.3 is 0 Å². The number of aromatic amines is 1. The molecule has 0 aliphatic carbocycles. The van der Waals surface area contributed by atoms with Crippen LogP contribution in [-0.4, -0.2) is 36.4 Å². The van der Waals surface area contributed by atoms with Gasteiger partial charge in [0, 0.05) is 35.2 Å². The minimum Gasteiger partial charge on any atom is -0.361 e. The highest BCUT2D eigenvalue weighted by Crippen LogP contribution is 2.24. The first-order valence-electron chi connectivity index (χ1n) is 8.59. The van der Waals surface area contributed by atoms with Crippen molar-refractivity contribution in [2.45, 2.75) is 13.1 Å². The quantitative estimate of drug-likeness (QED) is 0.665. The molecule has 3 rings (SSSR count). The fourth-order valence-corrected chi connectivity index (χ4v) is 3.22. The molecule has 0 radical (unpaired) electrons. The van der Waals surface area contributed by atoms with Gasteiger partial charge in [-0.3, -0.25) is 4.79 Å². The summed E-state index contributed by atoms with van der Waals surface area (Å²) >= 11 is 6.14. The van der Waals surface area contributed by atoms with Crippen molar-refractivity contribution in [1.82, 2.24) is 9.88 Å². The smallest absolute Gasteiger partial charge is 0.278 e. The monoisotopic (exact) mass is 392 g/mol. The second-order valence-corrected chi connectivity index (χ2v) is 7.28. The van der Waals surface area contributed by atoms with Crippen LogP contribution < -0.4 is 4.90 Å². The second kappa shape index (κ2) is 8.06. The number of carbonyl (C=O) groups excluding carboxylic acids is 1. The summed E-state index contributed by atoms with van der Waals surface area (Å²) in [6.07, 6.45) is 1.78. The molecule has 0 fully saturated rings. The molecule has 1 amide bonds. The van der Waals surface area contributed by atoms with Gasteiger partial charge in [0.25, 0.3) is 5.91 Å². The number of hydrogen-bond donors (Lipinski definition) is 2. The van der Waals surface area contributed by atoms with Gasteiger partial charge in [0.2, 0.25) is 0 Å². The van der Waals surface area contributed by atoms with E-state index in [4.69, 9.17) is 11.6 Å². The van der Waals surface area contributed by atoms with Crippen LogP contribution in [0.4, 0.5) is 8.78 Å². The number of halogens is 3. The van der Waals surface area contributed by atoms with Gasteiger partial charge in [0.15, 0.2) is 6.54 Å². The standard InChI is InChI=1S/C20H20ClF2N3O/c1-25(2)12-20(27)26(10-13-3-4-16(23)8-18(13)21)11-14-9-24-19-6-5-15(22)7-17(14)19/h3-9,24H,10-12H2,1-2H3/p+1. The Labute approximate surface area is 161 Å². The Morgan fingerprint density at radius 1 is 1.07 bits per heavy atom. The third kappa shape index (κ3) is 4.64. The molecule has 0 aliphatic rings. The lowest BCUT2D eigenvalue weighted by Gasteiger charge is -2.24. The summed E-state index contributed by atoms with van der Waals surface area (Å²) < 4.78 is 27.0. The van der Waals surface area contributed by atoms with Crippen LogP contribution in [0.1, 0.15) is 11.1 Å². The Hall–Kier alpha value is -2.44. The molecule has 1 heterocycles. The third-order valence-corrected chi connectivity index (χ3v) is 4.68. The van der Waals surface area contributed by atoms with Gasteiger partial charge in [-0.2, -0.15) is 0 Å². The summed E-state index contributed by atoms with van der Waals surface area (Å²) in [5, 5.41) is 1.00. The molecule has 142 valence electrons. The maximum absolute atomic E-state index is 13.6. The molecule has 3 aromatic rings. The Bertz CT molecular complexity index is 971. The second-order valence-electron chi connectivity index (χ2n) is 6.87. The zero-order valence-corrected chi connectivity index (χ0v) is 15.9. The van der Waals surface area contributed by atoms with E-state index in [9.17, 15) is 13.6 Å². The highest BCUT2D eigenvalue weighted by atomic mass is 35.5. The van der Waals surface area contributed by atoms with Crippen LogP contribution in [0, 0.1) is 11.6 Å². The number of aromatic nitrogens is 1. The van der Waals surface area contributed by atoms with Crippen LogP contribution in [0.2, 0.25) is 5.02 Å². The van der Waals surface area contributed by atoms with Crippen LogP contribution in [0.25, 0.3) is 10.9 Å². The molecule has 0 bridgehead atoms. The van der Waals surface area contributed by atoms with Crippen molar-refractivity contribution in [3.8, 4) is 0 Å². The van der Waals surface area contributed by atoms with E-state index in [1.54, 1.807) is 23.2 Å².